The molecular formula is C14H15F2N7O2. The van der Waals surface area contributed by atoms with E-state index in [4.69, 9.17) is 11.1 Å². The van der Waals surface area contributed by atoms with Crippen molar-refractivity contribution in [2.75, 3.05) is 13.1 Å². The molecule has 0 aromatic heterocycles. The van der Waals surface area contributed by atoms with E-state index in [1.54, 1.807) is 0 Å². The molecule has 25 heavy (non-hydrogen) atoms. The molecule has 132 valence electrons. The van der Waals surface area contributed by atoms with Crippen LogP contribution in [0.2, 0.25) is 0 Å². The van der Waals surface area contributed by atoms with E-state index in [0.717, 1.165) is 0 Å². The Morgan fingerprint density at radius 3 is 2.76 bits per heavy atom. The van der Waals surface area contributed by atoms with Crippen molar-refractivity contribution >= 4 is 11.6 Å². The first-order chi connectivity index (χ1) is 11.9. The van der Waals surface area contributed by atoms with E-state index >= 15 is 0 Å². The molecule has 11 heteroatoms. The summed E-state index contributed by atoms with van der Waals surface area (Å²) in [6.45, 7) is -0.282. The Hall–Kier alpha value is -2.87. The van der Waals surface area contributed by atoms with Crippen molar-refractivity contribution in [3.05, 3.63) is 50.2 Å². The number of likely N-dealkylation sites (tertiary alicyclic amines) is 1. The zero-order valence-electron chi connectivity index (χ0n) is 13.1. The molecule has 0 aliphatic carbocycles. The summed E-state index contributed by atoms with van der Waals surface area (Å²) in [7, 11) is 0. The second kappa shape index (κ2) is 7.80. The summed E-state index contributed by atoms with van der Waals surface area (Å²) >= 11 is 0. The van der Waals surface area contributed by atoms with E-state index < -0.39 is 24.4 Å². The Labute approximate surface area is 141 Å². The number of nitrogens with zero attached hydrogens (tertiary/aromatic N) is 7. The van der Waals surface area contributed by atoms with Gasteiger partial charge in [-0.25, -0.2) is 8.78 Å². The Bertz CT molecular complexity index is 758. The smallest absolute Gasteiger partial charge is 0.275 e. The van der Waals surface area contributed by atoms with E-state index in [0.29, 0.717) is 5.56 Å². The van der Waals surface area contributed by atoms with E-state index in [1.807, 2.05) is 0 Å². The molecular weight excluding hydrogens is 336 g/mol. The Morgan fingerprint density at radius 1 is 1.32 bits per heavy atom. The predicted octanol–water partition coefficient (Wildman–Crippen LogP) is 3.67. The van der Waals surface area contributed by atoms with Gasteiger partial charge in [-0.1, -0.05) is 10.2 Å². The summed E-state index contributed by atoms with van der Waals surface area (Å²) < 4.78 is 27.2. The van der Waals surface area contributed by atoms with Crippen LogP contribution in [0.3, 0.4) is 0 Å². The minimum absolute atomic E-state index is 0.0208. The normalized spacial score (nSPS) is 19.3. The number of rotatable bonds is 4. The van der Waals surface area contributed by atoms with Gasteiger partial charge in [0.2, 0.25) is 0 Å². The second-order valence-electron chi connectivity index (χ2n) is 5.57. The van der Waals surface area contributed by atoms with Crippen LogP contribution >= 0.6 is 0 Å². The van der Waals surface area contributed by atoms with Crippen molar-refractivity contribution in [3.63, 3.8) is 0 Å². The summed E-state index contributed by atoms with van der Waals surface area (Å²) in [5.74, 6) is -3.77. The summed E-state index contributed by atoms with van der Waals surface area (Å²) in [6.07, 6.45) is -2.66. The third kappa shape index (κ3) is 4.57. The molecule has 9 nitrogen and oxygen atoms in total. The van der Waals surface area contributed by atoms with Gasteiger partial charge in [0.1, 0.15) is 6.10 Å². The summed E-state index contributed by atoms with van der Waals surface area (Å²) in [5, 5.41) is 16.3. The van der Waals surface area contributed by atoms with E-state index in [-0.39, 0.29) is 37.3 Å². The van der Waals surface area contributed by atoms with Gasteiger partial charge in [-0.05, 0) is 41.2 Å². The highest BCUT2D eigenvalue weighted by Crippen LogP contribution is 2.29. The van der Waals surface area contributed by atoms with Crippen LogP contribution in [0.4, 0.5) is 14.5 Å². The maximum atomic E-state index is 13.6. The van der Waals surface area contributed by atoms with Crippen molar-refractivity contribution in [2.45, 2.75) is 31.4 Å². The summed E-state index contributed by atoms with van der Waals surface area (Å²) in [6, 6.07) is 4.25. The number of hydrogen-bond donors (Lipinski definition) is 1. The maximum Gasteiger partial charge on any atom is 0.275 e. The van der Waals surface area contributed by atoms with Crippen LogP contribution in [0.25, 0.3) is 20.9 Å². The lowest BCUT2D eigenvalue weighted by molar-refractivity contribution is -0.108. The fraction of sp³-hybridized carbons (Fsp3) is 0.500. The van der Waals surface area contributed by atoms with E-state index in [9.17, 15) is 18.7 Å². The Kier molecular flexibility index (Phi) is 5.76. The molecule has 1 amide bonds. The van der Waals surface area contributed by atoms with Crippen LogP contribution in [-0.4, -0.2) is 41.0 Å². The monoisotopic (exact) mass is 351 g/mol. The maximum absolute atomic E-state index is 13.6. The molecule has 1 saturated heterocycles. The van der Waals surface area contributed by atoms with Crippen molar-refractivity contribution < 1.29 is 18.7 Å². The first-order valence-electron chi connectivity index (χ1n) is 7.42. The zero-order chi connectivity index (χ0) is 18.4. The molecule has 0 radical (unpaired) electrons. The third-order valence-corrected chi connectivity index (χ3v) is 3.86. The van der Waals surface area contributed by atoms with Crippen LogP contribution in [0, 0.1) is 0 Å². The number of hydrogen-bond acceptors (Lipinski definition) is 4. The number of alkyl halides is 2. The first-order valence-corrected chi connectivity index (χ1v) is 7.42. The zero-order valence-corrected chi connectivity index (χ0v) is 13.1. The van der Waals surface area contributed by atoms with Gasteiger partial charge in [0.15, 0.2) is 0 Å². The number of aliphatic hydroxyl groups excluding tert-OH is 1. The van der Waals surface area contributed by atoms with Gasteiger partial charge in [0, 0.05) is 40.6 Å². The lowest BCUT2D eigenvalue weighted by atomic mass is 10.1. The fourth-order valence-electron chi connectivity index (χ4n) is 2.55. The molecule has 1 aliphatic heterocycles. The highest BCUT2D eigenvalue weighted by Gasteiger charge is 2.41. The molecule has 1 aromatic rings. The summed E-state index contributed by atoms with van der Waals surface area (Å²) in [4.78, 5) is 19.1. The number of amides is 1. The van der Waals surface area contributed by atoms with Crippen LogP contribution in [-0.2, 0) is 6.54 Å². The van der Waals surface area contributed by atoms with Crippen molar-refractivity contribution in [2.24, 2.45) is 10.2 Å². The minimum Gasteiger partial charge on any atom is -0.387 e. The number of aliphatic hydroxyl groups is 1. The molecule has 0 spiro atoms. The van der Waals surface area contributed by atoms with Crippen molar-refractivity contribution in [1.29, 1.82) is 0 Å². The largest absolute Gasteiger partial charge is 0.387 e. The molecule has 1 aliphatic rings. The van der Waals surface area contributed by atoms with Gasteiger partial charge in [-0.3, -0.25) is 4.79 Å². The van der Waals surface area contributed by atoms with Gasteiger partial charge in [0.05, 0.1) is 6.54 Å². The van der Waals surface area contributed by atoms with E-state index in [1.165, 1.54) is 23.1 Å². The molecule has 1 N–H and O–H groups in total. The molecule has 1 heterocycles. The molecule has 1 unspecified atom stereocenters. The molecule has 2 rings (SSSR count). The standard InChI is InChI=1S/C14H15F2N7O2/c15-14(16)2-4-23(3-1-12(14)24)13(25)10-5-9(8-19-21-17)6-11(7-10)20-22-18/h5-7,12,24H,1-4,8H2. The number of azide groups is 2. The quantitative estimate of drug-likeness (QED) is 0.502. The van der Waals surface area contributed by atoms with Crippen LogP contribution < -0.4 is 0 Å². The Balaban J connectivity index is 2.29. The first kappa shape index (κ1) is 18.5. The number of halogens is 2. The number of carbonyl (C=O) groups is 1. The number of benzene rings is 1. The average molecular weight is 351 g/mol. The fourth-order valence-corrected chi connectivity index (χ4v) is 2.55. The van der Waals surface area contributed by atoms with Gasteiger partial charge in [-0.2, -0.15) is 0 Å². The third-order valence-electron chi connectivity index (χ3n) is 3.86. The predicted molar refractivity (Wildman–Crippen MR) is 84.2 cm³/mol. The SMILES string of the molecule is [N-]=[N+]=NCc1cc(N=[N+]=[N-])cc(C(=O)N2CCC(O)C(F)(F)CC2)c1. The molecule has 1 atom stereocenters. The summed E-state index contributed by atoms with van der Waals surface area (Å²) in [5.41, 5.74) is 17.7. The molecule has 0 saturated carbocycles. The average Bonchev–Trinajstić information content (AvgIpc) is 2.71. The van der Waals surface area contributed by atoms with Gasteiger partial charge < -0.3 is 10.0 Å². The molecule has 1 aromatic carbocycles. The topological polar surface area (TPSA) is 138 Å². The van der Waals surface area contributed by atoms with Crippen molar-refractivity contribution in [3.8, 4) is 0 Å². The van der Waals surface area contributed by atoms with E-state index in [2.05, 4.69) is 20.1 Å². The van der Waals surface area contributed by atoms with Gasteiger partial charge in [-0.15, -0.1) is 0 Å². The molecule has 1 fully saturated rings. The highest BCUT2D eigenvalue weighted by atomic mass is 19.3. The van der Waals surface area contributed by atoms with Crippen LogP contribution in [0.15, 0.2) is 28.4 Å². The minimum atomic E-state index is -3.24. The second-order valence-corrected chi connectivity index (χ2v) is 5.57. The molecule has 0 bridgehead atoms. The van der Waals surface area contributed by atoms with Gasteiger partial charge in [0.25, 0.3) is 11.8 Å². The highest BCUT2D eigenvalue weighted by molar-refractivity contribution is 5.95. The number of carbonyl (C=O) groups excluding carboxylic acids is 1. The van der Waals surface area contributed by atoms with Crippen LogP contribution in [0.1, 0.15) is 28.8 Å². The lowest BCUT2D eigenvalue weighted by Gasteiger charge is -2.21. The van der Waals surface area contributed by atoms with Gasteiger partial charge >= 0.3 is 0 Å². The van der Waals surface area contributed by atoms with Crippen LogP contribution in [0.5, 0.6) is 0 Å². The van der Waals surface area contributed by atoms with Crippen molar-refractivity contribution in [1.82, 2.24) is 4.90 Å². The lowest BCUT2D eigenvalue weighted by Crippen LogP contribution is -2.33. The Morgan fingerprint density at radius 2 is 2.08 bits per heavy atom.